The zero-order valence-corrected chi connectivity index (χ0v) is 19.5. The van der Waals surface area contributed by atoms with Gasteiger partial charge >= 0.3 is 0 Å². The smallest absolute Gasteiger partial charge is 0.243 e. The number of nitrogens with zero attached hydrogens (tertiary/aromatic N) is 1. The summed E-state index contributed by atoms with van der Waals surface area (Å²) in [6.07, 6.45) is 5.04. The van der Waals surface area contributed by atoms with Crippen molar-refractivity contribution in [2.24, 2.45) is 0 Å². The maximum Gasteiger partial charge on any atom is 0.243 e. The Hall–Kier alpha value is -2.27. The van der Waals surface area contributed by atoms with Gasteiger partial charge in [0.2, 0.25) is 11.8 Å². The van der Waals surface area contributed by atoms with Crippen LogP contribution >= 0.6 is 11.8 Å². The van der Waals surface area contributed by atoms with Crippen LogP contribution in [0.4, 0.5) is 0 Å². The summed E-state index contributed by atoms with van der Waals surface area (Å²) in [7, 11) is 0. The minimum atomic E-state index is -0.438. The molecule has 4 nitrogen and oxygen atoms in total. The SMILES string of the molecule is CC[C@@H](C(=O)NC1CCCC1)N(Cc1ccc(C)cc1)C(=O)CSCc1ccccc1. The molecule has 5 heteroatoms. The molecule has 0 heterocycles. The number of carbonyl (C=O) groups excluding carboxylic acids is 2. The van der Waals surface area contributed by atoms with Crippen molar-refractivity contribution < 1.29 is 9.59 Å². The van der Waals surface area contributed by atoms with E-state index in [4.69, 9.17) is 0 Å². The van der Waals surface area contributed by atoms with Crippen molar-refractivity contribution in [3.63, 3.8) is 0 Å². The first-order valence-electron chi connectivity index (χ1n) is 11.3. The van der Waals surface area contributed by atoms with E-state index in [0.717, 1.165) is 24.2 Å². The highest BCUT2D eigenvalue weighted by atomic mass is 32.2. The van der Waals surface area contributed by atoms with Crippen LogP contribution in [0.1, 0.15) is 55.7 Å². The molecule has 0 unspecified atom stereocenters. The molecular formula is C26H34N2O2S. The third kappa shape index (κ3) is 7.13. The first-order valence-corrected chi connectivity index (χ1v) is 12.5. The van der Waals surface area contributed by atoms with Crippen LogP contribution in [0.2, 0.25) is 0 Å². The van der Waals surface area contributed by atoms with Gasteiger partial charge in [0.1, 0.15) is 6.04 Å². The number of benzene rings is 2. The van der Waals surface area contributed by atoms with Gasteiger partial charge in [0.25, 0.3) is 0 Å². The van der Waals surface area contributed by atoms with Crippen molar-refractivity contribution in [1.82, 2.24) is 10.2 Å². The summed E-state index contributed by atoms with van der Waals surface area (Å²) >= 11 is 1.61. The number of nitrogens with one attached hydrogen (secondary N) is 1. The van der Waals surface area contributed by atoms with E-state index in [1.807, 2.05) is 37.3 Å². The van der Waals surface area contributed by atoms with E-state index in [0.29, 0.717) is 18.7 Å². The van der Waals surface area contributed by atoms with Gasteiger partial charge in [-0.15, -0.1) is 11.8 Å². The fourth-order valence-electron chi connectivity index (χ4n) is 4.09. The second kappa shape index (κ2) is 11.9. The monoisotopic (exact) mass is 438 g/mol. The van der Waals surface area contributed by atoms with Crippen LogP contribution in [-0.2, 0) is 21.9 Å². The van der Waals surface area contributed by atoms with Gasteiger partial charge in [0.05, 0.1) is 5.75 Å². The van der Waals surface area contributed by atoms with Gasteiger partial charge in [-0.2, -0.15) is 0 Å². The van der Waals surface area contributed by atoms with Gasteiger partial charge in [0.15, 0.2) is 0 Å². The standard InChI is InChI=1S/C26H34N2O2S/c1-3-24(26(30)27-23-11-7-8-12-23)28(17-21-15-13-20(2)14-16-21)25(29)19-31-18-22-9-5-4-6-10-22/h4-6,9-10,13-16,23-24H,3,7-8,11-12,17-19H2,1-2H3,(H,27,30)/t24-/m0/s1. The molecule has 0 radical (unpaired) electrons. The summed E-state index contributed by atoms with van der Waals surface area (Å²) in [6.45, 7) is 4.50. The molecule has 2 aromatic carbocycles. The maximum atomic E-state index is 13.3. The lowest BCUT2D eigenvalue weighted by Crippen LogP contribution is -2.51. The Morgan fingerprint density at radius 1 is 1.03 bits per heavy atom. The van der Waals surface area contributed by atoms with Crippen LogP contribution in [0.25, 0.3) is 0 Å². The van der Waals surface area contributed by atoms with Gasteiger partial charge < -0.3 is 10.2 Å². The van der Waals surface area contributed by atoms with Crippen LogP contribution < -0.4 is 5.32 Å². The number of rotatable bonds is 10. The molecule has 1 aliphatic carbocycles. The van der Waals surface area contributed by atoms with Crippen molar-refractivity contribution in [2.75, 3.05) is 5.75 Å². The average Bonchev–Trinajstić information content (AvgIpc) is 3.28. The van der Waals surface area contributed by atoms with Crippen LogP contribution in [0, 0.1) is 6.92 Å². The zero-order valence-electron chi connectivity index (χ0n) is 18.7. The van der Waals surface area contributed by atoms with Gasteiger partial charge in [-0.25, -0.2) is 0 Å². The fourth-order valence-corrected chi connectivity index (χ4v) is 4.96. The summed E-state index contributed by atoms with van der Waals surface area (Å²) in [5, 5.41) is 3.20. The molecule has 166 valence electrons. The molecule has 31 heavy (non-hydrogen) atoms. The fraction of sp³-hybridized carbons (Fsp3) is 0.462. The van der Waals surface area contributed by atoms with Crippen molar-refractivity contribution >= 4 is 23.6 Å². The molecule has 2 amide bonds. The molecule has 0 saturated heterocycles. The Kier molecular flexibility index (Phi) is 9.01. The predicted octanol–water partition coefficient (Wildman–Crippen LogP) is 5.09. The molecule has 0 bridgehead atoms. The molecule has 2 aromatic rings. The van der Waals surface area contributed by atoms with Gasteiger partial charge in [-0.3, -0.25) is 9.59 Å². The van der Waals surface area contributed by atoms with E-state index in [1.165, 1.54) is 24.0 Å². The molecule has 1 fully saturated rings. The minimum absolute atomic E-state index is 0.0112. The quantitative estimate of drug-likeness (QED) is 0.562. The molecule has 1 saturated carbocycles. The third-order valence-electron chi connectivity index (χ3n) is 5.90. The highest BCUT2D eigenvalue weighted by Crippen LogP contribution is 2.20. The van der Waals surface area contributed by atoms with Crippen LogP contribution in [0.5, 0.6) is 0 Å². The second-order valence-corrected chi connectivity index (χ2v) is 9.39. The summed E-state index contributed by atoms with van der Waals surface area (Å²) in [4.78, 5) is 28.2. The number of carbonyl (C=O) groups is 2. The molecule has 1 aliphatic rings. The number of aryl methyl sites for hydroxylation is 1. The first-order chi connectivity index (χ1) is 15.1. The Bertz CT molecular complexity index is 832. The highest BCUT2D eigenvalue weighted by Gasteiger charge is 2.30. The van der Waals surface area contributed by atoms with E-state index in [1.54, 1.807) is 16.7 Å². The van der Waals surface area contributed by atoms with Crippen molar-refractivity contribution in [3.8, 4) is 0 Å². The topological polar surface area (TPSA) is 49.4 Å². The molecular weight excluding hydrogens is 404 g/mol. The van der Waals surface area contributed by atoms with E-state index < -0.39 is 6.04 Å². The minimum Gasteiger partial charge on any atom is -0.352 e. The Balaban J connectivity index is 1.69. The third-order valence-corrected chi connectivity index (χ3v) is 6.89. The molecule has 3 rings (SSSR count). The summed E-state index contributed by atoms with van der Waals surface area (Å²) < 4.78 is 0. The summed E-state index contributed by atoms with van der Waals surface area (Å²) in [6, 6.07) is 18.2. The Morgan fingerprint density at radius 2 is 1.71 bits per heavy atom. The lowest BCUT2D eigenvalue weighted by molar-refractivity contribution is -0.139. The van der Waals surface area contributed by atoms with Crippen molar-refractivity contribution in [3.05, 3.63) is 71.3 Å². The average molecular weight is 439 g/mol. The number of hydrogen-bond donors (Lipinski definition) is 1. The van der Waals surface area contributed by atoms with Crippen LogP contribution in [0.15, 0.2) is 54.6 Å². The molecule has 1 atom stereocenters. The van der Waals surface area contributed by atoms with Crippen molar-refractivity contribution in [2.45, 2.75) is 70.3 Å². The summed E-state index contributed by atoms with van der Waals surface area (Å²) in [5.74, 6) is 1.17. The largest absolute Gasteiger partial charge is 0.352 e. The Morgan fingerprint density at radius 3 is 2.35 bits per heavy atom. The van der Waals surface area contributed by atoms with E-state index in [9.17, 15) is 9.59 Å². The maximum absolute atomic E-state index is 13.3. The molecule has 0 spiro atoms. The predicted molar refractivity (Wildman–Crippen MR) is 129 cm³/mol. The summed E-state index contributed by atoms with van der Waals surface area (Å²) in [5.41, 5.74) is 3.45. The number of hydrogen-bond acceptors (Lipinski definition) is 3. The number of thioether (sulfide) groups is 1. The molecule has 0 aliphatic heterocycles. The van der Waals surface area contributed by atoms with Gasteiger partial charge in [0, 0.05) is 18.3 Å². The second-order valence-electron chi connectivity index (χ2n) is 8.40. The van der Waals surface area contributed by atoms with Gasteiger partial charge in [-0.05, 0) is 37.3 Å². The van der Waals surface area contributed by atoms with Gasteiger partial charge in [-0.1, -0.05) is 79.9 Å². The van der Waals surface area contributed by atoms with E-state index >= 15 is 0 Å². The Labute approximate surface area is 190 Å². The lowest BCUT2D eigenvalue weighted by Gasteiger charge is -2.31. The van der Waals surface area contributed by atoms with Crippen LogP contribution in [0.3, 0.4) is 0 Å². The number of amides is 2. The highest BCUT2D eigenvalue weighted by molar-refractivity contribution is 7.99. The van der Waals surface area contributed by atoms with Crippen molar-refractivity contribution in [1.29, 1.82) is 0 Å². The lowest BCUT2D eigenvalue weighted by atomic mass is 10.1. The van der Waals surface area contributed by atoms with E-state index in [-0.39, 0.29) is 17.9 Å². The van der Waals surface area contributed by atoms with E-state index in [2.05, 4.69) is 36.5 Å². The normalized spacial score (nSPS) is 14.9. The zero-order chi connectivity index (χ0) is 22.1. The molecule has 1 N–H and O–H groups in total. The molecule has 0 aromatic heterocycles. The van der Waals surface area contributed by atoms with Crippen LogP contribution in [-0.4, -0.2) is 34.6 Å². The first kappa shape index (κ1) is 23.4.